The van der Waals surface area contributed by atoms with E-state index in [0.29, 0.717) is 40.8 Å². The number of ether oxygens (including phenoxy) is 1. The summed E-state index contributed by atoms with van der Waals surface area (Å²) in [5.41, 5.74) is 4.37. The van der Waals surface area contributed by atoms with Gasteiger partial charge in [-0.15, -0.1) is 0 Å². The van der Waals surface area contributed by atoms with Crippen LogP contribution in [-0.4, -0.2) is 58.1 Å². The van der Waals surface area contributed by atoms with Gasteiger partial charge in [-0.1, -0.05) is 66.2 Å². The van der Waals surface area contributed by atoms with Gasteiger partial charge in [0, 0.05) is 17.8 Å². The molecule has 0 spiro atoms. The highest BCUT2D eigenvalue weighted by Crippen LogP contribution is 2.35. The Morgan fingerprint density at radius 3 is 2.51 bits per heavy atom. The molecule has 5 rings (SSSR count). The second kappa shape index (κ2) is 14.2. The average molecular weight is 599 g/mol. The molecule has 1 unspecified atom stereocenters. The highest BCUT2D eigenvalue weighted by molar-refractivity contribution is 6.30. The van der Waals surface area contributed by atoms with Crippen molar-refractivity contribution in [1.29, 1.82) is 0 Å². The number of anilines is 1. The predicted octanol–water partition coefficient (Wildman–Crippen LogP) is 6.17. The number of hydrogen-bond acceptors (Lipinski definition) is 6. The van der Waals surface area contributed by atoms with Crippen molar-refractivity contribution in [3.63, 3.8) is 0 Å². The van der Waals surface area contributed by atoms with Crippen LogP contribution in [0.4, 0.5) is 5.95 Å². The van der Waals surface area contributed by atoms with Crippen LogP contribution in [0.25, 0.3) is 0 Å². The Kier molecular flexibility index (Phi) is 9.89. The molecule has 3 aromatic carbocycles. The topological polar surface area (TPSA) is 95.9 Å². The van der Waals surface area contributed by atoms with Crippen molar-refractivity contribution in [2.45, 2.75) is 38.6 Å². The Hall–Kier alpha value is -4.43. The number of halogens is 1. The molecule has 1 aliphatic heterocycles. The van der Waals surface area contributed by atoms with Crippen molar-refractivity contribution in [1.82, 2.24) is 14.9 Å². The van der Waals surface area contributed by atoms with Crippen LogP contribution >= 0.6 is 11.6 Å². The fourth-order valence-electron chi connectivity index (χ4n) is 5.47. The monoisotopic (exact) mass is 598 g/mol. The Morgan fingerprint density at radius 1 is 1.02 bits per heavy atom. The highest BCUT2D eigenvalue weighted by atomic mass is 35.5. The molecular weight excluding hydrogens is 564 g/mol. The Balaban J connectivity index is 1.43. The number of carbonyl (C=O) groups is 2. The molecule has 9 heteroatoms. The van der Waals surface area contributed by atoms with E-state index in [-0.39, 0.29) is 19.2 Å². The third-order valence-electron chi connectivity index (χ3n) is 7.73. The molecule has 1 amide bonds. The van der Waals surface area contributed by atoms with Gasteiger partial charge in [0.2, 0.25) is 5.95 Å². The zero-order valence-corrected chi connectivity index (χ0v) is 24.9. The standard InChI is InChI=1S/C34H35ClN4O4/c1-24-8-5-6-9-25(24)15-18-30-29(33(42)38(23-32(40)41)20-21-43-28-10-3-2-4-11-28)22-36-34(37-30)39-19-7-12-31(39)26-13-16-27(35)17-14-26/h2-6,8-11,13-14,16-17,22,31H,7,12,15,18-21,23H2,1H3,(H,40,41). The number of hydrogen-bond donors (Lipinski definition) is 1. The van der Waals surface area contributed by atoms with Crippen LogP contribution in [0.3, 0.4) is 0 Å². The molecule has 4 aromatic rings. The van der Waals surface area contributed by atoms with Gasteiger partial charge in [-0.2, -0.15) is 0 Å². The van der Waals surface area contributed by atoms with Crippen LogP contribution in [0.5, 0.6) is 5.75 Å². The van der Waals surface area contributed by atoms with Crippen LogP contribution < -0.4 is 9.64 Å². The number of carboxylic acids is 1. The van der Waals surface area contributed by atoms with Crippen LogP contribution in [0.1, 0.15) is 51.6 Å². The first-order chi connectivity index (χ1) is 20.9. The first-order valence-corrected chi connectivity index (χ1v) is 14.9. The summed E-state index contributed by atoms with van der Waals surface area (Å²) in [6.45, 7) is 2.65. The van der Waals surface area contributed by atoms with Gasteiger partial charge in [0.25, 0.3) is 5.91 Å². The van der Waals surface area contributed by atoms with Crippen LogP contribution in [0, 0.1) is 6.92 Å². The third-order valence-corrected chi connectivity index (χ3v) is 7.98. The first-order valence-electron chi connectivity index (χ1n) is 14.5. The number of carboxylic acid groups (broad SMARTS) is 1. The minimum Gasteiger partial charge on any atom is -0.492 e. The Bertz CT molecular complexity index is 1550. The molecule has 8 nitrogen and oxygen atoms in total. The summed E-state index contributed by atoms with van der Waals surface area (Å²) in [7, 11) is 0. The summed E-state index contributed by atoms with van der Waals surface area (Å²) in [4.78, 5) is 38.7. The van der Waals surface area contributed by atoms with E-state index in [4.69, 9.17) is 21.3 Å². The van der Waals surface area contributed by atoms with Gasteiger partial charge in [0.1, 0.15) is 18.9 Å². The summed E-state index contributed by atoms with van der Waals surface area (Å²) >= 11 is 6.14. The lowest BCUT2D eigenvalue weighted by Crippen LogP contribution is -2.39. The number of aliphatic carboxylic acids is 1. The minimum absolute atomic E-state index is 0.0988. The van der Waals surface area contributed by atoms with Gasteiger partial charge in [-0.05, 0) is 73.6 Å². The summed E-state index contributed by atoms with van der Waals surface area (Å²) in [6.07, 6.45) is 4.69. The average Bonchev–Trinajstić information content (AvgIpc) is 3.50. The molecule has 1 aromatic heterocycles. The van der Waals surface area contributed by atoms with Crippen LogP contribution in [-0.2, 0) is 17.6 Å². The number of amides is 1. The molecule has 43 heavy (non-hydrogen) atoms. The second-order valence-electron chi connectivity index (χ2n) is 10.6. The van der Waals surface area contributed by atoms with Crippen molar-refractivity contribution >= 4 is 29.4 Å². The lowest BCUT2D eigenvalue weighted by Gasteiger charge is -2.27. The number of aryl methyl sites for hydroxylation is 3. The normalized spacial score (nSPS) is 14.5. The van der Waals surface area contributed by atoms with Crippen molar-refractivity contribution in [3.8, 4) is 5.75 Å². The maximum atomic E-state index is 13.9. The molecule has 2 heterocycles. The fraction of sp³-hybridized carbons (Fsp3) is 0.294. The molecule has 1 aliphatic rings. The predicted molar refractivity (Wildman–Crippen MR) is 167 cm³/mol. The van der Waals surface area contributed by atoms with E-state index in [9.17, 15) is 14.7 Å². The fourth-order valence-corrected chi connectivity index (χ4v) is 5.60. The van der Waals surface area contributed by atoms with Gasteiger partial charge in [-0.3, -0.25) is 9.59 Å². The van der Waals surface area contributed by atoms with E-state index in [1.807, 2.05) is 66.7 Å². The van der Waals surface area contributed by atoms with E-state index >= 15 is 0 Å². The van der Waals surface area contributed by atoms with Crippen molar-refractivity contribution in [2.24, 2.45) is 0 Å². The van der Waals surface area contributed by atoms with E-state index in [1.54, 1.807) is 6.20 Å². The number of carbonyl (C=O) groups excluding carboxylic acids is 1. The summed E-state index contributed by atoms with van der Waals surface area (Å²) < 4.78 is 5.77. The summed E-state index contributed by atoms with van der Waals surface area (Å²) in [6, 6.07) is 25.3. The molecule has 1 atom stereocenters. The molecule has 1 fully saturated rings. The lowest BCUT2D eigenvalue weighted by atomic mass is 10.0. The van der Waals surface area contributed by atoms with Crippen LogP contribution in [0.2, 0.25) is 5.02 Å². The first kappa shape index (κ1) is 30.0. The maximum absolute atomic E-state index is 13.9. The van der Waals surface area contributed by atoms with Crippen molar-refractivity contribution in [3.05, 3.63) is 118 Å². The Labute approximate surface area is 256 Å². The van der Waals surface area contributed by atoms with Crippen molar-refractivity contribution in [2.75, 3.05) is 31.1 Å². The molecule has 0 aliphatic carbocycles. The van der Waals surface area contributed by atoms with Crippen LogP contribution in [0.15, 0.2) is 85.1 Å². The number of para-hydroxylation sites is 1. The molecule has 0 radical (unpaired) electrons. The number of aromatic nitrogens is 2. The zero-order valence-electron chi connectivity index (χ0n) is 24.2. The largest absolute Gasteiger partial charge is 0.492 e. The third kappa shape index (κ3) is 7.70. The van der Waals surface area contributed by atoms with E-state index in [1.165, 1.54) is 10.5 Å². The number of nitrogens with zero attached hydrogens (tertiary/aromatic N) is 4. The van der Waals surface area contributed by atoms with Gasteiger partial charge in [0.05, 0.1) is 23.8 Å². The maximum Gasteiger partial charge on any atom is 0.323 e. The van der Waals surface area contributed by atoms with Crippen molar-refractivity contribution < 1.29 is 19.4 Å². The van der Waals surface area contributed by atoms with Gasteiger partial charge < -0.3 is 19.6 Å². The molecule has 1 saturated heterocycles. The van der Waals surface area contributed by atoms with E-state index < -0.39 is 18.4 Å². The SMILES string of the molecule is Cc1ccccc1CCc1nc(N2CCCC2c2ccc(Cl)cc2)ncc1C(=O)N(CCOc1ccccc1)CC(=O)O. The van der Waals surface area contributed by atoms with Gasteiger partial charge in [-0.25, -0.2) is 9.97 Å². The molecule has 1 N–H and O–H groups in total. The lowest BCUT2D eigenvalue weighted by molar-refractivity contribution is -0.137. The molecule has 0 bridgehead atoms. The Morgan fingerprint density at radius 2 is 1.77 bits per heavy atom. The van der Waals surface area contributed by atoms with Gasteiger partial charge in [0.15, 0.2) is 0 Å². The summed E-state index contributed by atoms with van der Waals surface area (Å²) in [5, 5.41) is 10.3. The molecule has 222 valence electrons. The summed E-state index contributed by atoms with van der Waals surface area (Å²) in [5.74, 6) is -0.320. The van der Waals surface area contributed by atoms with E-state index in [0.717, 1.165) is 30.5 Å². The second-order valence-corrected chi connectivity index (χ2v) is 11.1. The molecular formula is C34H35ClN4O4. The highest BCUT2D eigenvalue weighted by Gasteiger charge is 2.30. The molecule has 0 saturated carbocycles. The van der Waals surface area contributed by atoms with E-state index in [2.05, 4.69) is 28.9 Å². The minimum atomic E-state index is -1.10. The van der Waals surface area contributed by atoms with Gasteiger partial charge >= 0.3 is 5.97 Å². The quantitative estimate of drug-likeness (QED) is 0.208. The zero-order chi connectivity index (χ0) is 30.2. The number of rotatable bonds is 12. The number of benzene rings is 3. The smallest absolute Gasteiger partial charge is 0.323 e.